The van der Waals surface area contributed by atoms with Crippen LogP contribution in [0.1, 0.15) is 34.5 Å². The predicted octanol–water partition coefficient (Wildman–Crippen LogP) is 5.22. The van der Waals surface area contributed by atoms with Crippen LogP contribution in [0.25, 0.3) is 22.0 Å². The number of thiophene rings is 1. The van der Waals surface area contributed by atoms with Gasteiger partial charge in [-0.1, -0.05) is 24.3 Å². The fraction of sp³-hybridized carbons (Fsp3) is 0.214. The summed E-state index contributed by atoms with van der Waals surface area (Å²) in [5.41, 5.74) is 10.5. The zero-order valence-corrected chi connectivity index (χ0v) is 21.0. The van der Waals surface area contributed by atoms with Crippen LogP contribution < -0.4 is 5.73 Å². The Balaban J connectivity index is 1.85. The molecule has 0 aliphatic heterocycles. The molecular weight excluding hydrogens is 454 g/mol. The highest BCUT2D eigenvalue weighted by Crippen LogP contribution is 2.44. The number of nitrogens with two attached hydrogens (primary N) is 1. The van der Waals surface area contributed by atoms with Gasteiger partial charge in [0.1, 0.15) is 11.8 Å². The van der Waals surface area contributed by atoms with E-state index in [9.17, 15) is 10.1 Å². The number of nitrogens with zero attached hydrogens (tertiary/aromatic N) is 4. The zero-order chi connectivity index (χ0) is 25.2. The van der Waals surface area contributed by atoms with Gasteiger partial charge in [-0.05, 0) is 72.3 Å². The standard InChI is InChI=1S/C28H27N5OS/c1-18-8-9-22-13-21(10-11-25(22)31-18)24(16-34)28(2,32-27(30)33(3)4)26-14-23(17-35-26)20-7-5-6-19(12-20)15-29/h5-14,16-17,24H,1-4H3,(H2,30,32). The first-order valence-electron chi connectivity index (χ1n) is 11.2. The number of hydrogen-bond donors (Lipinski definition) is 1. The van der Waals surface area contributed by atoms with Crippen LogP contribution in [-0.4, -0.2) is 36.2 Å². The second-order valence-electron chi connectivity index (χ2n) is 8.92. The zero-order valence-electron chi connectivity index (χ0n) is 20.2. The molecule has 0 radical (unpaired) electrons. The number of benzene rings is 2. The molecule has 0 saturated carbocycles. The molecule has 35 heavy (non-hydrogen) atoms. The second kappa shape index (κ2) is 9.69. The molecule has 0 fully saturated rings. The first-order chi connectivity index (χ1) is 16.7. The van der Waals surface area contributed by atoms with Crippen LogP contribution in [0.2, 0.25) is 0 Å². The number of aliphatic imine (C=N–C) groups is 1. The number of hydrogen-bond acceptors (Lipinski definition) is 5. The van der Waals surface area contributed by atoms with Crippen LogP contribution in [0.3, 0.4) is 0 Å². The van der Waals surface area contributed by atoms with Gasteiger partial charge in [-0.25, -0.2) is 4.99 Å². The van der Waals surface area contributed by atoms with Crippen molar-refractivity contribution in [1.29, 1.82) is 5.26 Å². The highest BCUT2D eigenvalue weighted by molar-refractivity contribution is 7.10. The lowest BCUT2D eigenvalue weighted by atomic mass is 9.80. The van der Waals surface area contributed by atoms with Crippen molar-refractivity contribution < 1.29 is 4.79 Å². The Labute approximate surface area is 209 Å². The quantitative estimate of drug-likeness (QED) is 0.231. The van der Waals surface area contributed by atoms with Gasteiger partial charge in [-0.2, -0.15) is 5.26 Å². The normalized spacial score (nSPS) is 14.2. The fourth-order valence-electron chi connectivity index (χ4n) is 4.11. The van der Waals surface area contributed by atoms with E-state index in [-0.39, 0.29) is 0 Å². The molecule has 2 N–H and O–H groups in total. The topological polar surface area (TPSA) is 95.4 Å². The van der Waals surface area contributed by atoms with Gasteiger partial charge in [0, 0.05) is 30.1 Å². The maximum atomic E-state index is 12.7. The molecule has 2 heterocycles. The predicted molar refractivity (Wildman–Crippen MR) is 142 cm³/mol. The summed E-state index contributed by atoms with van der Waals surface area (Å²) in [4.78, 5) is 24.8. The molecule has 4 aromatic rings. The molecule has 6 nitrogen and oxygen atoms in total. The number of aldehydes is 1. The maximum absolute atomic E-state index is 12.7. The van der Waals surface area contributed by atoms with Crippen molar-refractivity contribution in [3.05, 3.63) is 87.7 Å². The van der Waals surface area contributed by atoms with Crippen LogP contribution in [0, 0.1) is 18.3 Å². The summed E-state index contributed by atoms with van der Waals surface area (Å²) < 4.78 is 0. The highest BCUT2D eigenvalue weighted by atomic mass is 32.1. The number of rotatable bonds is 6. The van der Waals surface area contributed by atoms with E-state index in [1.807, 2.05) is 87.9 Å². The molecule has 2 aromatic carbocycles. The first-order valence-corrected chi connectivity index (χ1v) is 12.1. The van der Waals surface area contributed by atoms with E-state index in [4.69, 9.17) is 10.7 Å². The van der Waals surface area contributed by atoms with E-state index in [0.29, 0.717) is 11.5 Å². The summed E-state index contributed by atoms with van der Waals surface area (Å²) in [6, 6.07) is 21.6. The van der Waals surface area contributed by atoms with Gasteiger partial charge in [0.2, 0.25) is 0 Å². The minimum atomic E-state index is -0.947. The van der Waals surface area contributed by atoms with Gasteiger partial charge in [-0.15, -0.1) is 11.3 Å². The molecular formula is C28H27N5OS. The lowest BCUT2D eigenvalue weighted by molar-refractivity contribution is -0.110. The number of pyridine rings is 1. The Morgan fingerprint density at radius 3 is 2.69 bits per heavy atom. The van der Waals surface area contributed by atoms with E-state index in [1.54, 1.807) is 11.0 Å². The van der Waals surface area contributed by atoms with Crippen molar-refractivity contribution in [2.75, 3.05) is 14.1 Å². The first kappa shape index (κ1) is 24.1. The molecule has 0 saturated heterocycles. The van der Waals surface area contributed by atoms with Crippen molar-refractivity contribution in [3.63, 3.8) is 0 Å². The maximum Gasteiger partial charge on any atom is 0.191 e. The summed E-state index contributed by atoms with van der Waals surface area (Å²) in [7, 11) is 3.65. The molecule has 2 aromatic heterocycles. The fourth-order valence-corrected chi connectivity index (χ4v) is 5.18. The number of aryl methyl sites for hydroxylation is 1. The van der Waals surface area contributed by atoms with Gasteiger partial charge in [-0.3, -0.25) is 4.98 Å². The summed E-state index contributed by atoms with van der Waals surface area (Å²) in [5, 5.41) is 12.3. The van der Waals surface area contributed by atoms with Crippen molar-refractivity contribution in [2.45, 2.75) is 25.3 Å². The van der Waals surface area contributed by atoms with Crippen LogP contribution in [0.15, 0.2) is 71.0 Å². The lowest BCUT2D eigenvalue weighted by Crippen LogP contribution is -2.37. The Bertz CT molecular complexity index is 1470. The monoisotopic (exact) mass is 481 g/mol. The van der Waals surface area contributed by atoms with Crippen molar-refractivity contribution in [3.8, 4) is 17.2 Å². The molecule has 2 atom stereocenters. The Morgan fingerprint density at radius 2 is 1.97 bits per heavy atom. The molecule has 176 valence electrons. The molecule has 0 aliphatic carbocycles. The van der Waals surface area contributed by atoms with Crippen LogP contribution in [0.4, 0.5) is 0 Å². The molecule has 0 spiro atoms. The average Bonchev–Trinajstić information content (AvgIpc) is 3.36. The number of guanidine groups is 1. The summed E-state index contributed by atoms with van der Waals surface area (Å²) in [5.74, 6) is -0.248. The van der Waals surface area contributed by atoms with Crippen LogP contribution >= 0.6 is 11.3 Å². The van der Waals surface area contributed by atoms with E-state index in [2.05, 4.69) is 11.1 Å². The van der Waals surface area contributed by atoms with Crippen LogP contribution in [-0.2, 0) is 10.3 Å². The number of aromatic nitrogens is 1. The minimum absolute atomic E-state index is 0.332. The average molecular weight is 482 g/mol. The van der Waals surface area contributed by atoms with Gasteiger partial charge in [0.05, 0.1) is 23.1 Å². The van der Waals surface area contributed by atoms with Gasteiger partial charge < -0.3 is 15.4 Å². The lowest BCUT2D eigenvalue weighted by Gasteiger charge is -2.32. The third-order valence-corrected chi connectivity index (χ3v) is 7.34. The largest absolute Gasteiger partial charge is 0.370 e. The Kier molecular flexibility index (Phi) is 6.68. The van der Waals surface area contributed by atoms with Crippen molar-refractivity contribution in [1.82, 2.24) is 9.88 Å². The molecule has 0 bridgehead atoms. The Hall–Kier alpha value is -4.02. The molecule has 2 unspecified atom stereocenters. The molecule has 4 rings (SSSR count). The Morgan fingerprint density at radius 1 is 1.17 bits per heavy atom. The van der Waals surface area contributed by atoms with E-state index >= 15 is 0 Å². The van der Waals surface area contributed by atoms with Gasteiger partial charge in [0.25, 0.3) is 0 Å². The molecule has 0 aliphatic rings. The van der Waals surface area contributed by atoms with E-state index < -0.39 is 11.5 Å². The summed E-state index contributed by atoms with van der Waals surface area (Å²) >= 11 is 1.53. The smallest absolute Gasteiger partial charge is 0.191 e. The number of nitriles is 1. The SMILES string of the molecule is Cc1ccc2cc(C(C=O)C(C)(N=C(N)N(C)C)c3cc(-c4cccc(C#N)c4)cs3)ccc2n1. The minimum Gasteiger partial charge on any atom is -0.370 e. The highest BCUT2D eigenvalue weighted by Gasteiger charge is 2.39. The second-order valence-corrected chi connectivity index (χ2v) is 9.83. The number of carbonyl (C=O) groups excluding carboxylic acids is 1. The molecule has 0 amide bonds. The van der Waals surface area contributed by atoms with Crippen molar-refractivity contribution in [2.24, 2.45) is 10.7 Å². The summed E-state index contributed by atoms with van der Waals surface area (Å²) in [6.45, 7) is 3.90. The third-order valence-electron chi connectivity index (χ3n) is 6.18. The van der Waals surface area contributed by atoms with Gasteiger partial charge >= 0.3 is 0 Å². The van der Waals surface area contributed by atoms with E-state index in [1.165, 1.54) is 11.3 Å². The van der Waals surface area contributed by atoms with E-state index in [0.717, 1.165) is 44.5 Å². The third kappa shape index (κ3) is 4.79. The number of carbonyl (C=O) groups is 1. The summed E-state index contributed by atoms with van der Waals surface area (Å²) in [6.07, 6.45) is 0.949. The van der Waals surface area contributed by atoms with Crippen LogP contribution in [0.5, 0.6) is 0 Å². The molecule has 7 heteroatoms. The number of fused-ring (bicyclic) bond motifs is 1. The van der Waals surface area contributed by atoms with Gasteiger partial charge in [0.15, 0.2) is 5.96 Å². The van der Waals surface area contributed by atoms with Crippen molar-refractivity contribution >= 4 is 34.5 Å².